The van der Waals surface area contributed by atoms with Crippen molar-refractivity contribution in [2.75, 3.05) is 5.32 Å². The third kappa shape index (κ3) is 2.26. The number of thiazole rings is 1. The molecule has 0 bridgehead atoms. The molecule has 2 rings (SSSR count). The molecular weight excluding hydrogens is 248 g/mol. The molecule has 0 saturated carbocycles. The van der Waals surface area contributed by atoms with Crippen LogP contribution >= 0.6 is 22.7 Å². The van der Waals surface area contributed by atoms with E-state index in [-0.39, 0.29) is 11.5 Å². The largest absolute Gasteiger partial charge is 0.478 e. The molecule has 7 heteroatoms. The Morgan fingerprint density at radius 1 is 1.38 bits per heavy atom. The molecule has 0 aliphatic heterocycles. The zero-order chi connectivity index (χ0) is 11.5. The number of carbonyl (C=O) groups is 2. The monoisotopic (exact) mass is 254 g/mol. The topological polar surface area (TPSA) is 79.3 Å². The van der Waals surface area contributed by atoms with E-state index in [1.54, 1.807) is 10.9 Å². The number of hydrogen-bond acceptors (Lipinski definition) is 5. The van der Waals surface area contributed by atoms with Crippen LogP contribution in [-0.4, -0.2) is 22.0 Å². The fourth-order valence-electron chi connectivity index (χ4n) is 1.01. The molecule has 0 aliphatic rings. The second-order valence-electron chi connectivity index (χ2n) is 2.83. The highest BCUT2D eigenvalue weighted by Crippen LogP contribution is 2.21. The first-order chi connectivity index (χ1) is 7.66. The lowest BCUT2D eigenvalue weighted by Crippen LogP contribution is -2.11. The Morgan fingerprint density at radius 2 is 2.19 bits per heavy atom. The molecule has 0 atom stereocenters. The molecule has 16 heavy (non-hydrogen) atoms. The van der Waals surface area contributed by atoms with Crippen molar-refractivity contribution in [2.45, 2.75) is 0 Å². The third-order valence-corrected chi connectivity index (χ3v) is 3.18. The predicted octanol–water partition coefficient (Wildman–Crippen LogP) is 2.16. The molecule has 0 saturated heterocycles. The molecule has 5 nitrogen and oxygen atoms in total. The molecule has 1 amide bonds. The van der Waals surface area contributed by atoms with Gasteiger partial charge in [-0.05, 0) is 6.07 Å². The summed E-state index contributed by atoms with van der Waals surface area (Å²) in [6.07, 6.45) is 0. The van der Waals surface area contributed by atoms with Gasteiger partial charge in [0.05, 0.1) is 16.1 Å². The van der Waals surface area contributed by atoms with Gasteiger partial charge in [0.1, 0.15) is 5.69 Å². The summed E-state index contributed by atoms with van der Waals surface area (Å²) in [5, 5.41) is 14.9. The number of aromatic nitrogens is 1. The maximum Gasteiger partial charge on any atom is 0.336 e. The molecule has 2 heterocycles. The van der Waals surface area contributed by atoms with Crippen molar-refractivity contribution >= 4 is 39.6 Å². The summed E-state index contributed by atoms with van der Waals surface area (Å²) in [6, 6.07) is 1.41. The summed E-state index contributed by atoms with van der Waals surface area (Å²) in [6.45, 7) is 0. The molecule has 0 radical (unpaired) electrons. The van der Waals surface area contributed by atoms with Crippen LogP contribution in [0.4, 0.5) is 5.00 Å². The summed E-state index contributed by atoms with van der Waals surface area (Å²) in [5.41, 5.74) is 2.06. The normalized spacial score (nSPS) is 10.0. The second-order valence-corrected chi connectivity index (χ2v) is 4.46. The van der Waals surface area contributed by atoms with Gasteiger partial charge in [0, 0.05) is 10.8 Å². The molecule has 2 aromatic heterocycles. The van der Waals surface area contributed by atoms with Gasteiger partial charge in [-0.2, -0.15) is 0 Å². The van der Waals surface area contributed by atoms with E-state index in [2.05, 4.69) is 10.3 Å². The van der Waals surface area contributed by atoms with Crippen LogP contribution in [0.15, 0.2) is 22.3 Å². The zero-order valence-electron chi connectivity index (χ0n) is 7.84. The fourth-order valence-corrected chi connectivity index (χ4v) is 2.32. The third-order valence-electron chi connectivity index (χ3n) is 1.75. The van der Waals surface area contributed by atoms with Crippen LogP contribution in [0.2, 0.25) is 0 Å². The van der Waals surface area contributed by atoms with Crippen molar-refractivity contribution in [2.24, 2.45) is 0 Å². The van der Waals surface area contributed by atoms with Crippen molar-refractivity contribution < 1.29 is 14.7 Å². The second kappa shape index (κ2) is 4.42. The van der Waals surface area contributed by atoms with Gasteiger partial charge in [-0.1, -0.05) is 0 Å². The highest BCUT2D eigenvalue weighted by Gasteiger charge is 2.11. The lowest BCUT2D eigenvalue weighted by Gasteiger charge is -1.97. The first-order valence-corrected chi connectivity index (χ1v) is 6.00. The molecule has 0 spiro atoms. The van der Waals surface area contributed by atoms with Gasteiger partial charge in [0.25, 0.3) is 5.91 Å². The van der Waals surface area contributed by atoms with Crippen LogP contribution in [0.5, 0.6) is 0 Å². The van der Waals surface area contributed by atoms with Crippen molar-refractivity contribution in [1.82, 2.24) is 4.98 Å². The standard InChI is InChI=1S/C9H6N2O3S2/c12-8(6-3-15-4-10-6)11-7-1-5(2-16-7)9(13)14/h1-4H,(H,11,12)(H,13,14). The summed E-state index contributed by atoms with van der Waals surface area (Å²) in [5.74, 6) is -1.34. The van der Waals surface area contributed by atoms with E-state index in [1.165, 1.54) is 34.1 Å². The number of aromatic carboxylic acids is 1. The summed E-state index contributed by atoms with van der Waals surface area (Å²) in [4.78, 5) is 26.0. The van der Waals surface area contributed by atoms with Gasteiger partial charge in [0.2, 0.25) is 0 Å². The number of amides is 1. The minimum Gasteiger partial charge on any atom is -0.478 e. The van der Waals surface area contributed by atoms with E-state index in [9.17, 15) is 9.59 Å². The number of carboxylic acids is 1. The lowest BCUT2D eigenvalue weighted by molar-refractivity contribution is 0.0697. The molecule has 2 N–H and O–H groups in total. The van der Waals surface area contributed by atoms with Crippen LogP contribution in [-0.2, 0) is 0 Å². The van der Waals surface area contributed by atoms with E-state index in [4.69, 9.17) is 5.11 Å². The van der Waals surface area contributed by atoms with Gasteiger partial charge < -0.3 is 10.4 Å². The number of carboxylic acid groups (broad SMARTS) is 1. The number of nitrogens with one attached hydrogen (secondary N) is 1. The van der Waals surface area contributed by atoms with E-state index < -0.39 is 5.97 Å². The van der Waals surface area contributed by atoms with Crippen LogP contribution in [0, 0.1) is 0 Å². The number of carbonyl (C=O) groups excluding carboxylic acids is 1. The van der Waals surface area contributed by atoms with Crippen molar-refractivity contribution in [1.29, 1.82) is 0 Å². The van der Waals surface area contributed by atoms with Crippen molar-refractivity contribution in [3.63, 3.8) is 0 Å². The van der Waals surface area contributed by atoms with E-state index >= 15 is 0 Å². The number of thiophene rings is 1. The Labute approximate surface area is 98.4 Å². The van der Waals surface area contributed by atoms with Crippen LogP contribution < -0.4 is 5.32 Å². The van der Waals surface area contributed by atoms with E-state index in [0.29, 0.717) is 10.7 Å². The number of nitrogens with zero attached hydrogens (tertiary/aromatic N) is 1. The van der Waals surface area contributed by atoms with Gasteiger partial charge in [-0.3, -0.25) is 4.79 Å². The Kier molecular flexibility index (Phi) is 2.97. The Morgan fingerprint density at radius 3 is 2.75 bits per heavy atom. The van der Waals surface area contributed by atoms with Crippen LogP contribution in [0.3, 0.4) is 0 Å². The molecule has 2 aromatic rings. The molecule has 0 fully saturated rings. The maximum absolute atomic E-state index is 11.5. The smallest absolute Gasteiger partial charge is 0.336 e. The minimum atomic E-state index is -1.01. The summed E-state index contributed by atoms with van der Waals surface area (Å²) in [7, 11) is 0. The highest BCUT2D eigenvalue weighted by molar-refractivity contribution is 7.14. The van der Waals surface area contributed by atoms with Gasteiger partial charge in [0.15, 0.2) is 0 Å². The molecule has 82 valence electrons. The lowest BCUT2D eigenvalue weighted by atomic mass is 10.3. The fraction of sp³-hybridized carbons (Fsp3) is 0. The van der Waals surface area contributed by atoms with Gasteiger partial charge >= 0.3 is 5.97 Å². The SMILES string of the molecule is O=C(O)c1csc(NC(=O)c2cscn2)c1. The van der Waals surface area contributed by atoms with Crippen molar-refractivity contribution in [3.8, 4) is 0 Å². The van der Waals surface area contributed by atoms with E-state index in [1.807, 2.05) is 0 Å². The summed E-state index contributed by atoms with van der Waals surface area (Å²) < 4.78 is 0. The van der Waals surface area contributed by atoms with Gasteiger partial charge in [-0.25, -0.2) is 9.78 Å². The quantitative estimate of drug-likeness (QED) is 0.879. The molecule has 0 aliphatic carbocycles. The predicted molar refractivity (Wildman–Crippen MR) is 61.3 cm³/mol. The number of hydrogen-bond donors (Lipinski definition) is 2. The first-order valence-electron chi connectivity index (χ1n) is 4.18. The number of anilines is 1. The van der Waals surface area contributed by atoms with Crippen molar-refractivity contribution in [3.05, 3.63) is 33.6 Å². The van der Waals surface area contributed by atoms with Gasteiger partial charge in [-0.15, -0.1) is 22.7 Å². The minimum absolute atomic E-state index is 0.165. The van der Waals surface area contributed by atoms with Crippen LogP contribution in [0.25, 0.3) is 0 Å². The first kappa shape index (κ1) is 10.8. The number of rotatable bonds is 3. The average molecular weight is 254 g/mol. The Hall–Kier alpha value is -1.73. The average Bonchev–Trinajstić information content (AvgIpc) is 2.87. The highest BCUT2D eigenvalue weighted by atomic mass is 32.1. The molecular formula is C9H6N2O3S2. The van der Waals surface area contributed by atoms with Crippen LogP contribution in [0.1, 0.15) is 20.8 Å². The molecule has 0 aromatic carbocycles. The Balaban J connectivity index is 2.09. The maximum atomic E-state index is 11.5. The zero-order valence-corrected chi connectivity index (χ0v) is 9.47. The summed E-state index contributed by atoms with van der Waals surface area (Å²) >= 11 is 2.49. The molecule has 0 unspecified atom stereocenters. The van der Waals surface area contributed by atoms with E-state index in [0.717, 1.165) is 0 Å². The Bertz CT molecular complexity index is 519.